The van der Waals surface area contributed by atoms with Crippen molar-refractivity contribution in [1.82, 2.24) is 0 Å². The van der Waals surface area contributed by atoms with Crippen molar-refractivity contribution in [3.05, 3.63) is 138 Å². The molecule has 0 radical (unpaired) electrons. The van der Waals surface area contributed by atoms with Gasteiger partial charge in [0.05, 0.1) is 11.8 Å². The van der Waals surface area contributed by atoms with Crippen LogP contribution in [-0.2, 0) is 4.79 Å². The molecule has 0 amide bonds. The zero-order valence-corrected chi connectivity index (χ0v) is 22.1. The van der Waals surface area contributed by atoms with E-state index in [0.29, 0.717) is 32.3 Å². The summed E-state index contributed by atoms with van der Waals surface area (Å²) in [5.41, 5.74) is 2.27. The van der Waals surface area contributed by atoms with Crippen molar-refractivity contribution in [2.24, 2.45) is 0 Å². The summed E-state index contributed by atoms with van der Waals surface area (Å²) in [5.74, 6) is -2.74. The second-order valence-corrected chi connectivity index (χ2v) is 10.3. The summed E-state index contributed by atoms with van der Waals surface area (Å²) in [4.78, 5) is 14.4. The van der Waals surface area contributed by atoms with Crippen LogP contribution in [0.5, 0.6) is 0 Å². The minimum atomic E-state index is -0.837. The predicted octanol–water partition coefficient (Wildman–Crippen LogP) is 9.33. The van der Waals surface area contributed by atoms with Gasteiger partial charge in [0.15, 0.2) is 5.78 Å². The molecule has 0 aliphatic heterocycles. The van der Waals surface area contributed by atoms with E-state index in [1.807, 2.05) is 0 Å². The fraction of sp³-hybridized carbons (Fsp3) is 0.0741. The molecule has 0 heterocycles. The van der Waals surface area contributed by atoms with Gasteiger partial charge in [0, 0.05) is 19.0 Å². The third-order valence-electron chi connectivity index (χ3n) is 5.51. The molecule has 34 heavy (non-hydrogen) atoms. The lowest BCUT2D eigenvalue weighted by atomic mass is 9.77. The smallest absolute Gasteiger partial charge is 0.156 e. The average molecular weight is 625 g/mol. The van der Waals surface area contributed by atoms with Crippen LogP contribution < -0.4 is 0 Å². The van der Waals surface area contributed by atoms with E-state index in [4.69, 9.17) is 23.2 Å². The number of benzene rings is 4. The van der Waals surface area contributed by atoms with Gasteiger partial charge in [0.25, 0.3) is 0 Å². The van der Waals surface area contributed by atoms with E-state index in [9.17, 15) is 13.6 Å². The Bertz CT molecular complexity index is 1240. The van der Waals surface area contributed by atoms with E-state index in [-0.39, 0.29) is 5.78 Å². The molecule has 0 saturated carbocycles. The summed E-state index contributed by atoms with van der Waals surface area (Å²) < 4.78 is 29.0. The quantitative estimate of drug-likeness (QED) is 0.209. The van der Waals surface area contributed by atoms with E-state index >= 15 is 0 Å². The first-order valence-corrected chi connectivity index (χ1v) is 12.5. The van der Waals surface area contributed by atoms with Gasteiger partial charge >= 0.3 is 0 Å². The zero-order chi connectivity index (χ0) is 24.4. The maximum Gasteiger partial charge on any atom is 0.156 e. The zero-order valence-electron chi connectivity index (χ0n) is 17.4. The minimum absolute atomic E-state index is 0.238. The number of rotatable bonds is 6. The minimum Gasteiger partial charge on any atom is -0.298 e. The monoisotopic (exact) mass is 622 g/mol. The standard InChI is InChI=1S/C27H16Br2Cl2F2O/c28-17-5-11-23(30)21(13-17)25(15-1-7-19(32)8-2-15)27(34)26(16-3-9-20(33)10-4-16)22-14-18(29)6-12-24(22)31/h1-14,25-26H. The molecule has 0 fully saturated rings. The van der Waals surface area contributed by atoms with E-state index in [0.717, 1.165) is 8.95 Å². The molecule has 1 nitrogen and oxygen atoms in total. The van der Waals surface area contributed by atoms with Gasteiger partial charge in [0.1, 0.15) is 11.6 Å². The highest BCUT2D eigenvalue weighted by Gasteiger charge is 2.34. The number of Topliss-reactive ketones (excluding diaryl/α,β-unsaturated/α-hetero) is 1. The second kappa shape index (κ2) is 10.7. The summed E-state index contributed by atoms with van der Waals surface area (Å²) in [5, 5.41) is 0.785. The van der Waals surface area contributed by atoms with Crippen LogP contribution in [0.1, 0.15) is 34.1 Å². The summed E-state index contributed by atoms with van der Waals surface area (Å²) in [7, 11) is 0. The number of ketones is 1. The fourth-order valence-electron chi connectivity index (χ4n) is 3.94. The SMILES string of the molecule is O=C(C(c1ccc(F)cc1)c1cc(Br)ccc1Cl)C(c1ccc(F)cc1)c1cc(Br)ccc1Cl. The van der Waals surface area contributed by atoms with Crippen molar-refractivity contribution in [2.75, 3.05) is 0 Å². The molecular formula is C27H16Br2Cl2F2O. The lowest BCUT2D eigenvalue weighted by molar-refractivity contribution is -0.120. The average Bonchev–Trinajstić information content (AvgIpc) is 2.81. The maximum atomic E-state index is 14.4. The van der Waals surface area contributed by atoms with Crippen molar-refractivity contribution >= 4 is 60.8 Å². The van der Waals surface area contributed by atoms with Gasteiger partial charge in [-0.2, -0.15) is 0 Å². The highest BCUT2D eigenvalue weighted by Crippen LogP contribution is 2.41. The van der Waals surface area contributed by atoms with Crippen molar-refractivity contribution in [3.63, 3.8) is 0 Å². The number of halogens is 6. The Morgan fingerprint density at radius 1 is 0.618 bits per heavy atom. The molecule has 0 aliphatic carbocycles. The molecule has 4 rings (SSSR count). The van der Waals surface area contributed by atoms with E-state index < -0.39 is 23.5 Å². The summed E-state index contributed by atoms with van der Waals surface area (Å²) in [6.45, 7) is 0. The van der Waals surface area contributed by atoms with Crippen molar-refractivity contribution in [3.8, 4) is 0 Å². The third kappa shape index (κ3) is 5.44. The van der Waals surface area contributed by atoms with Crippen molar-refractivity contribution < 1.29 is 13.6 Å². The Balaban J connectivity index is 1.96. The van der Waals surface area contributed by atoms with E-state index in [1.165, 1.54) is 24.3 Å². The van der Waals surface area contributed by atoms with E-state index in [2.05, 4.69) is 31.9 Å². The number of carbonyl (C=O) groups excluding carboxylic acids is 1. The first-order valence-electron chi connectivity index (χ1n) is 10.2. The van der Waals surface area contributed by atoms with Crippen LogP contribution >= 0.6 is 55.1 Å². The molecule has 0 aromatic heterocycles. The summed E-state index contributed by atoms with van der Waals surface area (Å²) in [6, 6.07) is 22.0. The molecule has 2 atom stereocenters. The maximum absolute atomic E-state index is 14.4. The number of hydrogen-bond acceptors (Lipinski definition) is 1. The van der Waals surface area contributed by atoms with Crippen LogP contribution in [0.15, 0.2) is 93.9 Å². The van der Waals surface area contributed by atoms with Gasteiger partial charge in [-0.15, -0.1) is 0 Å². The van der Waals surface area contributed by atoms with Gasteiger partial charge in [-0.05, 0) is 82.9 Å². The van der Waals surface area contributed by atoms with Crippen LogP contribution in [0, 0.1) is 11.6 Å². The normalized spacial score (nSPS) is 12.9. The molecule has 7 heteroatoms. The van der Waals surface area contributed by atoms with Gasteiger partial charge in [-0.1, -0.05) is 79.3 Å². The molecule has 0 aliphatic rings. The van der Waals surface area contributed by atoms with Gasteiger partial charge < -0.3 is 0 Å². The molecule has 0 N–H and O–H groups in total. The number of carbonyl (C=O) groups is 1. The molecule has 172 valence electrons. The van der Waals surface area contributed by atoms with Crippen molar-refractivity contribution in [2.45, 2.75) is 11.8 Å². The second-order valence-electron chi connectivity index (χ2n) is 7.70. The molecule has 4 aromatic carbocycles. The molecule has 0 saturated heterocycles. The molecular weight excluding hydrogens is 609 g/mol. The largest absolute Gasteiger partial charge is 0.298 e. The third-order valence-corrected chi connectivity index (χ3v) is 7.19. The molecule has 2 unspecified atom stereocenters. The van der Waals surface area contributed by atoms with E-state index in [1.54, 1.807) is 60.7 Å². The number of hydrogen-bond donors (Lipinski definition) is 0. The Kier molecular flexibility index (Phi) is 7.88. The van der Waals surface area contributed by atoms with Crippen LogP contribution in [0.3, 0.4) is 0 Å². The fourth-order valence-corrected chi connectivity index (χ4v) is 5.15. The van der Waals surface area contributed by atoms with Crippen molar-refractivity contribution in [1.29, 1.82) is 0 Å². The molecule has 4 aromatic rings. The summed E-state index contributed by atoms with van der Waals surface area (Å²) in [6.07, 6.45) is 0. The molecule has 0 bridgehead atoms. The Hall–Kier alpha value is -2.05. The first kappa shape index (κ1) is 25.1. The van der Waals surface area contributed by atoms with Gasteiger partial charge in [-0.25, -0.2) is 8.78 Å². The highest BCUT2D eigenvalue weighted by atomic mass is 79.9. The molecule has 0 spiro atoms. The lowest BCUT2D eigenvalue weighted by Gasteiger charge is -2.26. The predicted molar refractivity (Wildman–Crippen MR) is 140 cm³/mol. The van der Waals surface area contributed by atoms with Gasteiger partial charge in [-0.3, -0.25) is 4.79 Å². The van der Waals surface area contributed by atoms with Gasteiger partial charge in [0.2, 0.25) is 0 Å². The first-order chi connectivity index (χ1) is 16.2. The van der Waals surface area contributed by atoms with Crippen LogP contribution in [0.25, 0.3) is 0 Å². The topological polar surface area (TPSA) is 17.1 Å². The lowest BCUT2D eigenvalue weighted by Crippen LogP contribution is -2.23. The summed E-state index contributed by atoms with van der Waals surface area (Å²) >= 11 is 20.0. The Labute approximate surface area is 223 Å². The van der Waals surface area contributed by atoms with Crippen LogP contribution in [0.2, 0.25) is 10.0 Å². The van der Waals surface area contributed by atoms with Crippen LogP contribution in [-0.4, -0.2) is 5.78 Å². The van der Waals surface area contributed by atoms with Crippen LogP contribution in [0.4, 0.5) is 8.78 Å². The highest BCUT2D eigenvalue weighted by molar-refractivity contribution is 9.10. The Morgan fingerprint density at radius 3 is 1.32 bits per heavy atom. The Morgan fingerprint density at radius 2 is 0.971 bits per heavy atom.